The molecule has 0 unspecified atom stereocenters. The van der Waals surface area contributed by atoms with Crippen molar-refractivity contribution in [2.75, 3.05) is 5.33 Å². The number of hydrogen-bond donors (Lipinski definition) is 1. The van der Waals surface area contributed by atoms with E-state index < -0.39 is 0 Å². The zero-order valence-electron chi connectivity index (χ0n) is 11.6. The van der Waals surface area contributed by atoms with Gasteiger partial charge in [0.1, 0.15) is 0 Å². The van der Waals surface area contributed by atoms with E-state index in [1.165, 1.54) is 6.92 Å². The largest absolute Gasteiger partial charge is 0.294 e. The molecule has 0 atom stereocenters. The molecular formula is C14H16BrNO3S2. The Morgan fingerprint density at radius 3 is 2.57 bits per heavy atom. The Kier molecular flexibility index (Phi) is 8.72. The highest BCUT2D eigenvalue weighted by molar-refractivity contribution is 9.09. The molecule has 0 heterocycles. The van der Waals surface area contributed by atoms with Crippen molar-refractivity contribution in [3.05, 3.63) is 29.8 Å². The molecule has 0 radical (unpaired) electrons. The molecule has 1 aromatic carbocycles. The van der Waals surface area contributed by atoms with Crippen molar-refractivity contribution in [2.24, 2.45) is 0 Å². The van der Waals surface area contributed by atoms with Crippen molar-refractivity contribution in [1.29, 1.82) is 0 Å². The predicted molar refractivity (Wildman–Crippen MR) is 90.7 cm³/mol. The molecule has 0 aliphatic heterocycles. The number of rotatable bonds is 6. The minimum absolute atomic E-state index is 0.0423. The van der Waals surface area contributed by atoms with Gasteiger partial charge in [-0.1, -0.05) is 39.8 Å². The standard InChI is InChI=1S/C14H16BrNO3S2/c1-10(17)16-21-14(19)11-6-2-3-7-12(11)20-13(18)8-4-5-9-15/h2-3,6-7H,4-5,8-9H2,1H3,(H,16,17). The number of amides is 1. The lowest BCUT2D eigenvalue weighted by atomic mass is 10.2. The second-order valence-corrected chi connectivity index (χ2v) is 6.84. The van der Waals surface area contributed by atoms with E-state index in [2.05, 4.69) is 20.7 Å². The van der Waals surface area contributed by atoms with Gasteiger partial charge in [0, 0.05) is 41.1 Å². The zero-order chi connectivity index (χ0) is 15.7. The van der Waals surface area contributed by atoms with Crippen LogP contribution in [0.1, 0.15) is 36.5 Å². The molecular weight excluding hydrogens is 374 g/mol. The zero-order valence-corrected chi connectivity index (χ0v) is 14.8. The minimum atomic E-state index is -0.288. The molecule has 0 saturated carbocycles. The normalized spacial score (nSPS) is 10.2. The Balaban J connectivity index is 2.68. The Hall–Kier alpha value is -0.790. The Labute approximate surface area is 141 Å². The highest BCUT2D eigenvalue weighted by Gasteiger charge is 2.15. The van der Waals surface area contributed by atoms with Crippen LogP contribution in [-0.2, 0) is 9.59 Å². The molecule has 1 N–H and O–H groups in total. The van der Waals surface area contributed by atoms with Gasteiger partial charge < -0.3 is 0 Å². The quantitative estimate of drug-likeness (QED) is 0.347. The lowest BCUT2D eigenvalue weighted by molar-refractivity contribution is -0.117. The maximum absolute atomic E-state index is 12.0. The fourth-order valence-electron chi connectivity index (χ4n) is 1.43. The van der Waals surface area contributed by atoms with Gasteiger partial charge in [0.05, 0.1) is 0 Å². The maximum Gasteiger partial charge on any atom is 0.240 e. The summed E-state index contributed by atoms with van der Waals surface area (Å²) in [5, 5.41) is 0.648. The predicted octanol–water partition coefficient (Wildman–Crippen LogP) is 3.80. The number of thioether (sulfide) groups is 1. The third-order valence-corrected chi connectivity index (χ3v) is 4.75. The average molecular weight is 390 g/mol. The molecule has 0 aliphatic rings. The van der Waals surface area contributed by atoms with Crippen LogP contribution in [0.3, 0.4) is 0 Å². The monoisotopic (exact) mass is 389 g/mol. The highest BCUT2D eigenvalue weighted by Crippen LogP contribution is 2.27. The number of carbonyl (C=O) groups excluding carboxylic acids is 3. The minimum Gasteiger partial charge on any atom is -0.294 e. The van der Waals surface area contributed by atoms with E-state index in [1.54, 1.807) is 24.3 Å². The van der Waals surface area contributed by atoms with E-state index in [0.29, 0.717) is 16.9 Å². The number of carbonyl (C=O) groups is 3. The molecule has 0 aromatic heterocycles. The molecule has 0 fully saturated rings. The highest BCUT2D eigenvalue weighted by atomic mass is 79.9. The Morgan fingerprint density at radius 1 is 1.19 bits per heavy atom. The van der Waals surface area contributed by atoms with Crippen LogP contribution in [0.25, 0.3) is 0 Å². The van der Waals surface area contributed by atoms with Crippen molar-refractivity contribution in [3.63, 3.8) is 0 Å². The summed E-state index contributed by atoms with van der Waals surface area (Å²) in [6, 6.07) is 6.93. The van der Waals surface area contributed by atoms with Crippen molar-refractivity contribution in [3.8, 4) is 0 Å². The van der Waals surface area contributed by atoms with Crippen molar-refractivity contribution in [1.82, 2.24) is 4.72 Å². The molecule has 1 aromatic rings. The summed E-state index contributed by atoms with van der Waals surface area (Å²) in [4.78, 5) is 35.4. The van der Waals surface area contributed by atoms with Gasteiger partial charge in [-0.15, -0.1) is 0 Å². The topological polar surface area (TPSA) is 63.2 Å². The summed E-state index contributed by atoms with van der Waals surface area (Å²) < 4.78 is 2.40. The van der Waals surface area contributed by atoms with E-state index in [9.17, 15) is 14.4 Å². The molecule has 21 heavy (non-hydrogen) atoms. The molecule has 114 valence electrons. The second-order valence-electron chi connectivity index (χ2n) is 4.16. The fraction of sp³-hybridized carbons (Fsp3) is 0.357. The smallest absolute Gasteiger partial charge is 0.240 e. The van der Waals surface area contributed by atoms with Gasteiger partial charge in [0.25, 0.3) is 0 Å². The number of nitrogens with one attached hydrogen (secondary N) is 1. The number of halogens is 1. The van der Waals surface area contributed by atoms with Gasteiger partial charge in [0.15, 0.2) is 5.12 Å². The molecule has 1 amide bonds. The first kappa shape index (κ1) is 18.3. The summed E-state index contributed by atoms with van der Waals surface area (Å²) in [5.74, 6) is -0.288. The molecule has 4 nitrogen and oxygen atoms in total. The molecule has 0 bridgehead atoms. The first-order valence-electron chi connectivity index (χ1n) is 6.38. The first-order chi connectivity index (χ1) is 10.0. The summed E-state index contributed by atoms with van der Waals surface area (Å²) in [7, 11) is 0. The van der Waals surface area contributed by atoms with Crippen LogP contribution in [0.2, 0.25) is 0 Å². The lowest BCUT2D eigenvalue weighted by Gasteiger charge is -2.07. The number of hydrogen-bond acceptors (Lipinski definition) is 5. The second kappa shape index (κ2) is 10.0. The van der Waals surface area contributed by atoms with Crippen LogP contribution in [-0.4, -0.2) is 21.5 Å². The maximum atomic E-state index is 12.0. The van der Waals surface area contributed by atoms with Gasteiger partial charge in [-0.2, -0.15) is 0 Å². The van der Waals surface area contributed by atoms with Crippen molar-refractivity contribution < 1.29 is 14.4 Å². The summed E-state index contributed by atoms with van der Waals surface area (Å²) in [6.45, 7) is 1.34. The lowest BCUT2D eigenvalue weighted by Crippen LogP contribution is -2.14. The van der Waals surface area contributed by atoms with E-state index in [0.717, 1.165) is 41.9 Å². The molecule has 0 saturated heterocycles. The first-order valence-corrected chi connectivity index (χ1v) is 9.13. The number of benzene rings is 1. The van der Waals surface area contributed by atoms with Crippen LogP contribution >= 0.6 is 39.6 Å². The Bertz CT molecular complexity index is 523. The third kappa shape index (κ3) is 7.15. The van der Waals surface area contributed by atoms with E-state index >= 15 is 0 Å². The number of alkyl halides is 1. The van der Waals surface area contributed by atoms with Gasteiger partial charge in [-0.3, -0.25) is 19.1 Å². The van der Waals surface area contributed by atoms with Gasteiger partial charge in [-0.05, 0) is 25.0 Å². The van der Waals surface area contributed by atoms with Crippen molar-refractivity contribution >= 4 is 55.8 Å². The molecule has 7 heteroatoms. The Morgan fingerprint density at radius 2 is 1.90 bits per heavy atom. The van der Waals surface area contributed by atoms with Crippen LogP contribution in [0, 0.1) is 0 Å². The van der Waals surface area contributed by atoms with Crippen LogP contribution in [0.4, 0.5) is 0 Å². The van der Waals surface area contributed by atoms with Gasteiger partial charge >= 0.3 is 0 Å². The van der Waals surface area contributed by atoms with Crippen molar-refractivity contribution in [2.45, 2.75) is 31.1 Å². The fourth-order valence-corrected chi connectivity index (χ4v) is 3.33. The number of unbranched alkanes of at least 4 members (excludes halogenated alkanes) is 1. The van der Waals surface area contributed by atoms with E-state index in [-0.39, 0.29) is 16.1 Å². The van der Waals surface area contributed by atoms with E-state index in [4.69, 9.17) is 0 Å². The average Bonchev–Trinajstić information content (AvgIpc) is 2.45. The van der Waals surface area contributed by atoms with Crippen LogP contribution in [0.5, 0.6) is 0 Å². The molecule has 0 aliphatic carbocycles. The molecule has 0 spiro atoms. The summed E-state index contributed by atoms with van der Waals surface area (Å²) in [6.07, 6.45) is 2.26. The molecule has 1 rings (SSSR count). The SMILES string of the molecule is CC(=O)NSC(=O)c1ccccc1SC(=O)CCCCBr. The van der Waals surface area contributed by atoms with Gasteiger partial charge in [-0.25, -0.2) is 0 Å². The van der Waals surface area contributed by atoms with E-state index in [1.807, 2.05) is 0 Å². The third-order valence-electron chi connectivity index (χ3n) is 2.38. The summed E-state index contributed by atoms with van der Waals surface area (Å²) >= 11 is 5.14. The van der Waals surface area contributed by atoms with Gasteiger partial charge in [0.2, 0.25) is 11.0 Å². The van der Waals surface area contributed by atoms with Crippen LogP contribution < -0.4 is 4.72 Å². The van der Waals surface area contributed by atoms with Crippen LogP contribution in [0.15, 0.2) is 29.2 Å². The summed E-state index contributed by atoms with van der Waals surface area (Å²) in [5.41, 5.74) is 0.440.